The van der Waals surface area contributed by atoms with Crippen molar-refractivity contribution in [2.75, 3.05) is 12.4 Å². The lowest BCUT2D eigenvalue weighted by molar-refractivity contribution is 0.0997. The normalized spacial score (nSPS) is 10.8. The number of anilines is 1. The van der Waals surface area contributed by atoms with Crippen LogP contribution in [0.5, 0.6) is 5.75 Å². The molecule has 0 radical (unpaired) electrons. The lowest BCUT2D eigenvalue weighted by atomic mass is 10.2. The zero-order valence-electron chi connectivity index (χ0n) is 13.7. The second kappa shape index (κ2) is 6.82. The summed E-state index contributed by atoms with van der Waals surface area (Å²) in [5, 5.41) is 3.92. The average molecular weight is 385 g/mol. The molecule has 2 aromatic carbocycles. The second-order valence-corrected chi connectivity index (χ2v) is 6.94. The highest BCUT2D eigenvalue weighted by Gasteiger charge is 2.15. The highest BCUT2D eigenvalue weighted by Crippen LogP contribution is 2.30. The van der Waals surface area contributed by atoms with Gasteiger partial charge in [-0.15, -0.1) is 0 Å². The van der Waals surface area contributed by atoms with Gasteiger partial charge in [0.25, 0.3) is 5.91 Å². The van der Waals surface area contributed by atoms with Crippen LogP contribution in [0.3, 0.4) is 0 Å². The molecule has 4 rings (SSSR count). The Kier molecular flexibility index (Phi) is 4.36. The third-order valence-electron chi connectivity index (χ3n) is 3.77. The van der Waals surface area contributed by atoms with E-state index in [2.05, 4.69) is 10.3 Å². The van der Waals surface area contributed by atoms with Crippen molar-refractivity contribution in [2.45, 2.75) is 0 Å². The fraction of sp³-hybridized carbons (Fsp3) is 0.0526. The van der Waals surface area contributed by atoms with Crippen molar-refractivity contribution in [1.82, 2.24) is 4.98 Å². The van der Waals surface area contributed by atoms with Gasteiger partial charge in [0, 0.05) is 10.6 Å². The minimum Gasteiger partial charge on any atom is -0.497 e. The summed E-state index contributed by atoms with van der Waals surface area (Å²) in [7, 11) is 1.61. The number of furan rings is 1. The maximum atomic E-state index is 12.4. The number of hydrogen-bond acceptors (Lipinski definition) is 5. The number of amides is 1. The molecule has 1 N–H and O–H groups in total. The molecule has 130 valence electrons. The molecule has 0 spiro atoms. The van der Waals surface area contributed by atoms with Crippen molar-refractivity contribution in [1.29, 1.82) is 0 Å². The zero-order valence-corrected chi connectivity index (χ0v) is 15.2. The van der Waals surface area contributed by atoms with Crippen LogP contribution in [0, 0.1) is 0 Å². The number of carbonyl (C=O) groups excluding carboxylic acids is 1. The van der Waals surface area contributed by atoms with E-state index in [-0.39, 0.29) is 11.7 Å². The van der Waals surface area contributed by atoms with Crippen LogP contribution in [0.4, 0.5) is 5.13 Å². The topological polar surface area (TPSA) is 64.4 Å². The summed E-state index contributed by atoms with van der Waals surface area (Å²) in [5.74, 6) is 1.21. The summed E-state index contributed by atoms with van der Waals surface area (Å²) in [6, 6.07) is 16.2. The summed E-state index contributed by atoms with van der Waals surface area (Å²) in [4.78, 5) is 16.8. The van der Waals surface area contributed by atoms with Crippen molar-refractivity contribution in [3.8, 4) is 17.1 Å². The van der Waals surface area contributed by atoms with Gasteiger partial charge in [-0.1, -0.05) is 22.9 Å². The van der Waals surface area contributed by atoms with E-state index in [1.54, 1.807) is 31.4 Å². The Morgan fingerprint density at radius 3 is 2.73 bits per heavy atom. The number of aromatic nitrogens is 1. The number of benzene rings is 2. The molecule has 2 heterocycles. The summed E-state index contributed by atoms with van der Waals surface area (Å²) < 4.78 is 11.8. The highest BCUT2D eigenvalue weighted by molar-refractivity contribution is 7.22. The minimum absolute atomic E-state index is 0.215. The Balaban J connectivity index is 1.54. The zero-order chi connectivity index (χ0) is 18.1. The van der Waals surface area contributed by atoms with Crippen molar-refractivity contribution in [3.63, 3.8) is 0 Å². The van der Waals surface area contributed by atoms with E-state index in [9.17, 15) is 4.79 Å². The van der Waals surface area contributed by atoms with Gasteiger partial charge in [-0.2, -0.15) is 0 Å². The molecule has 0 saturated carbocycles. The van der Waals surface area contributed by atoms with Crippen LogP contribution in [0.25, 0.3) is 21.5 Å². The number of nitrogens with one attached hydrogen (secondary N) is 1. The molecule has 0 atom stereocenters. The number of ether oxygens (including phenoxy) is 1. The van der Waals surface area contributed by atoms with Gasteiger partial charge >= 0.3 is 0 Å². The number of fused-ring (bicyclic) bond motifs is 1. The van der Waals surface area contributed by atoms with Gasteiger partial charge in [-0.05, 0) is 54.6 Å². The van der Waals surface area contributed by atoms with E-state index in [1.165, 1.54) is 11.3 Å². The minimum atomic E-state index is -0.351. The lowest BCUT2D eigenvalue weighted by Crippen LogP contribution is -2.10. The maximum Gasteiger partial charge on any atom is 0.293 e. The maximum absolute atomic E-state index is 12.4. The van der Waals surface area contributed by atoms with Crippen LogP contribution in [-0.4, -0.2) is 18.0 Å². The average Bonchev–Trinajstić information content (AvgIpc) is 3.28. The first-order valence-corrected chi connectivity index (χ1v) is 8.93. The fourth-order valence-corrected chi connectivity index (χ4v) is 3.49. The van der Waals surface area contributed by atoms with Crippen LogP contribution in [0.1, 0.15) is 10.6 Å². The van der Waals surface area contributed by atoms with Gasteiger partial charge in [0.15, 0.2) is 10.9 Å². The SMILES string of the molecule is COc1ccc2nc(NC(=O)c3ccc(-c4ccc(Cl)cc4)o3)sc2c1. The van der Waals surface area contributed by atoms with Crippen LogP contribution >= 0.6 is 22.9 Å². The predicted octanol–water partition coefficient (Wildman–Crippen LogP) is 5.47. The monoisotopic (exact) mass is 384 g/mol. The molecular weight excluding hydrogens is 372 g/mol. The summed E-state index contributed by atoms with van der Waals surface area (Å²) >= 11 is 7.26. The highest BCUT2D eigenvalue weighted by atomic mass is 35.5. The molecule has 0 aliphatic carbocycles. The Hall–Kier alpha value is -2.83. The Bertz CT molecular complexity index is 1090. The van der Waals surface area contributed by atoms with Gasteiger partial charge < -0.3 is 9.15 Å². The summed E-state index contributed by atoms with van der Waals surface area (Å²) in [6.45, 7) is 0. The summed E-state index contributed by atoms with van der Waals surface area (Å²) in [6.07, 6.45) is 0. The third kappa shape index (κ3) is 3.29. The van der Waals surface area contributed by atoms with Gasteiger partial charge in [0.2, 0.25) is 0 Å². The van der Waals surface area contributed by atoms with Crippen molar-refractivity contribution in [2.24, 2.45) is 0 Å². The van der Waals surface area contributed by atoms with E-state index in [4.69, 9.17) is 20.8 Å². The van der Waals surface area contributed by atoms with Crippen LogP contribution in [-0.2, 0) is 0 Å². The fourth-order valence-electron chi connectivity index (χ4n) is 2.47. The molecule has 26 heavy (non-hydrogen) atoms. The van der Waals surface area contributed by atoms with Gasteiger partial charge in [0.05, 0.1) is 17.3 Å². The molecule has 0 aliphatic heterocycles. The molecule has 0 unspecified atom stereocenters. The largest absolute Gasteiger partial charge is 0.497 e. The molecule has 1 amide bonds. The third-order valence-corrected chi connectivity index (χ3v) is 4.96. The predicted molar refractivity (Wildman–Crippen MR) is 103 cm³/mol. The van der Waals surface area contributed by atoms with E-state index < -0.39 is 0 Å². The molecule has 4 aromatic rings. The number of halogens is 1. The number of hydrogen-bond donors (Lipinski definition) is 1. The lowest BCUT2D eigenvalue weighted by Gasteiger charge is -1.99. The van der Waals surface area contributed by atoms with Crippen molar-refractivity contribution >= 4 is 44.2 Å². The number of rotatable bonds is 4. The summed E-state index contributed by atoms with van der Waals surface area (Å²) in [5.41, 5.74) is 1.65. The van der Waals surface area contributed by atoms with Gasteiger partial charge in [-0.25, -0.2) is 4.98 Å². The van der Waals surface area contributed by atoms with Crippen molar-refractivity contribution in [3.05, 3.63) is 65.4 Å². The van der Waals surface area contributed by atoms with E-state index in [0.29, 0.717) is 15.9 Å². The van der Waals surface area contributed by atoms with E-state index >= 15 is 0 Å². The van der Waals surface area contributed by atoms with Crippen LogP contribution in [0.15, 0.2) is 59.0 Å². The van der Waals surface area contributed by atoms with E-state index in [0.717, 1.165) is 21.5 Å². The number of methoxy groups -OCH3 is 1. The molecule has 7 heteroatoms. The molecule has 0 bridgehead atoms. The number of nitrogens with zero attached hydrogens (tertiary/aromatic N) is 1. The van der Waals surface area contributed by atoms with Crippen LogP contribution in [0.2, 0.25) is 5.02 Å². The quantitative estimate of drug-likeness (QED) is 0.506. The van der Waals surface area contributed by atoms with Crippen LogP contribution < -0.4 is 10.1 Å². The molecule has 5 nitrogen and oxygen atoms in total. The molecular formula is C19H13ClN2O3S. The molecule has 0 saturated heterocycles. The second-order valence-electron chi connectivity index (χ2n) is 5.48. The molecule has 2 aromatic heterocycles. The first-order valence-electron chi connectivity index (χ1n) is 7.74. The molecule has 0 aliphatic rings. The van der Waals surface area contributed by atoms with Crippen molar-refractivity contribution < 1.29 is 13.9 Å². The Labute approximate surface area is 158 Å². The Morgan fingerprint density at radius 2 is 1.96 bits per heavy atom. The van der Waals surface area contributed by atoms with Gasteiger partial charge in [0.1, 0.15) is 11.5 Å². The number of carbonyl (C=O) groups is 1. The standard InChI is InChI=1S/C19H13ClN2O3S/c1-24-13-6-7-14-17(10-13)26-19(21-14)22-18(23)16-9-8-15(25-16)11-2-4-12(20)5-3-11/h2-10H,1H3,(H,21,22,23). The van der Waals surface area contributed by atoms with E-state index in [1.807, 2.05) is 30.3 Å². The first kappa shape index (κ1) is 16.6. The number of thiazole rings is 1. The smallest absolute Gasteiger partial charge is 0.293 e. The first-order chi connectivity index (χ1) is 12.6. The Morgan fingerprint density at radius 1 is 1.15 bits per heavy atom. The van der Waals surface area contributed by atoms with Gasteiger partial charge in [-0.3, -0.25) is 10.1 Å². The molecule has 0 fully saturated rings.